The molecule has 7 nitrogen and oxygen atoms in total. The Morgan fingerprint density at radius 3 is 2.36 bits per heavy atom. The van der Waals surface area contributed by atoms with E-state index < -0.39 is 0 Å². The molecule has 1 aromatic rings. The van der Waals surface area contributed by atoms with Crippen molar-refractivity contribution in [3.63, 3.8) is 0 Å². The molecule has 0 N–H and O–H groups in total. The third-order valence-electron chi connectivity index (χ3n) is 4.54. The van der Waals surface area contributed by atoms with Crippen molar-refractivity contribution in [3.05, 3.63) is 18.5 Å². The second-order valence-electron chi connectivity index (χ2n) is 6.38. The van der Waals surface area contributed by atoms with Crippen LogP contribution in [0.25, 0.3) is 0 Å². The number of piperazine rings is 1. The van der Waals surface area contributed by atoms with E-state index in [1.165, 1.54) is 0 Å². The van der Waals surface area contributed by atoms with Gasteiger partial charge in [-0.05, 0) is 12.5 Å². The minimum Gasteiger partial charge on any atom is -0.342 e. The number of unbranched alkanes of at least 4 members (excludes halogenated alkanes) is 2. The van der Waals surface area contributed by atoms with Gasteiger partial charge in [0.15, 0.2) is 0 Å². The molecule has 25 heavy (non-hydrogen) atoms. The SMILES string of the molecule is CCCCCN(CCC(=O)N1CCN(c2ncccn2)CC1)C(C)=O. The number of nitrogens with zero attached hydrogens (tertiary/aromatic N) is 5. The molecule has 2 rings (SSSR count). The summed E-state index contributed by atoms with van der Waals surface area (Å²) in [6.45, 7) is 7.80. The zero-order valence-corrected chi connectivity index (χ0v) is 15.4. The molecule has 2 heterocycles. The predicted octanol–water partition coefficient (Wildman–Crippen LogP) is 1.55. The van der Waals surface area contributed by atoms with Gasteiger partial charge in [-0.25, -0.2) is 9.97 Å². The van der Waals surface area contributed by atoms with Crippen LogP contribution in [0.15, 0.2) is 18.5 Å². The lowest BCUT2D eigenvalue weighted by Gasteiger charge is -2.35. The summed E-state index contributed by atoms with van der Waals surface area (Å²) in [7, 11) is 0. The second kappa shape index (κ2) is 9.96. The van der Waals surface area contributed by atoms with Gasteiger partial charge in [-0.15, -0.1) is 0 Å². The zero-order chi connectivity index (χ0) is 18.1. The zero-order valence-electron chi connectivity index (χ0n) is 15.4. The largest absolute Gasteiger partial charge is 0.342 e. The third kappa shape index (κ3) is 5.99. The van der Waals surface area contributed by atoms with Gasteiger partial charge in [0.2, 0.25) is 17.8 Å². The summed E-state index contributed by atoms with van der Waals surface area (Å²) in [6, 6.07) is 1.80. The first-order valence-corrected chi connectivity index (χ1v) is 9.17. The number of anilines is 1. The molecular weight excluding hydrogens is 318 g/mol. The lowest BCUT2D eigenvalue weighted by atomic mass is 10.2. The molecule has 2 amide bonds. The maximum absolute atomic E-state index is 12.4. The van der Waals surface area contributed by atoms with Crippen LogP contribution < -0.4 is 4.90 Å². The van der Waals surface area contributed by atoms with E-state index in [0.717, 1.165) is 38.9 Å². The highest BCUT2D eigenvalue weighted by Gasteiger charge is 2.22. The Labute approximate surface area is 150 Å². The summed E-state index contributed by atoms with van der Waals surface area (Å²) >= 11 is 0. The standard InChI is InChI=1S/C18H29N5O2/c1-3-4-5-10-21(16(2)24)11-7-17(25)22-12-14-23(15-13-22)18-19-8-6-9-20-18/h6,8-9H,3-5,7,10-15H2,1-2H3. The molecular formula is C18H29N5O2. The molecule has 0 atom stereocenters. The second-order valence-corrected chi connectivity index (χ2v) is 6.38. The molecule has 0 aromatic carbocycles. The molecule has 1 aliphatic heterocycles. The van der Waals surface area contributed by atoms with Gasteiger partial charge < -0.3 is 14.7 Å². The Bertz CT molecular complexity index is 544. The van der Waals surface area contributed by atoms with E-state index in [9.17, 15) is 9.59 Å². The normalized spacial score (nSPS) is 14.5. The molecule has 1 saturated heterocycles. The molecule has 0 bridgehead atoms. The van der Waals surface area contributed by atoms with Crippen LogP contribution in [0.2, 0.25) is 0 Å². The predicted molar refractivity (Wildman–Crippen MR) is 97.2 cm³/mol. The number of hydrogen-bond acceptors (Lipinski definition) is 5. The lowest BCUT2D eigenvalue weighted by molar-refractivity contribution is -0.133. The summed E-state index contributed by atoms with van der Waals surface area (Å²) in [5.41, 5.74) is 0. The summed E-state index contributed by atoms with van der Waals surface area (Å²) in [5, 5.41) is 0. The Hall–Kier alpha value is -2.18. The molecule has 0 unspecified atom stereocenters. The fourth-order valence-electron chi connectivity index (χ4n) is 2.98. The van der Waals surface area contributed by atoms with Gasteiger partial charge in [0.25, 0.3) is 0 Å². The van der Waals surface area contributed by atoms with Crippen LogP contribution in [-0.4, -0.2) is 70.9 Å². The van der Waals surface area contributed by atoms with E-state index in [1.54, 1.807) is 30.3 Å². The Balaban J connectivity index is 1.75. The van der Waals surface area contributed by atoms with Crippen molar-refractivity contribution in [2.24, 2.45) is 0 Å². The van der Waals surface area contributed by atoms with Crippen molar-refractivity contribution in [1.82, 2.24) is 19.8 Å². The van der Waals surface area contributed by atoms with Crippen LogP contribution in [0.5, 0.6) is 0 Å². The highest BCUT2D eigenvalue weighted by Crippen LogP contribution is 2.11. The van der Waals surface area contributed by atoms with Gasteiger partial charge in [-0.2, -0.15) is 0 Å². The van der Waals surface area contributed by atoms with Gasteiger partial charge in [0.1, 0.15) is 0 Å². The molecule has 0 aliphatic carbocycles. The molecule has 1 aromatic heterocycles. The van der Waals surface area contributed by atoms with Crippen LogP contribution in [0.4, 0.5) is 5.95 Å². The molecule has 0 radical (unpaired) electrons. The average Bonchev–Trinajstić information content (AvgIpc) is 2.65. The first-order valence-electron chi connectivity index (χ1n) is 9.17. The number of carbonyl (C=O) groups excluding carboxylic acids is 2. The van der Waals surface area contributed by atoms with Crippen LogP contribution in [0.1, 0.15) is 39.5 Å². The van der Waals surface area contributed by atoms with Crippen LogP contribution in [0.3, 0.4) is 0 Å². The molecule has 0 spiro atoms. The quantitative estimate of drug-likeness (QED) is 0.668. The summed E-state index contributed by atoms with van der Waals surface area (Å²) < 4.78 is 0. The first kappa shape index (κ1) is 19.1. The number of aromatic nitrogens is 2. The number of hydrogen-bond donors (Lipinski definition) is 0. The minimum absolute atomic E-state index is 0.0509. The van der Waals surface area contributed by atoms with Crippen molar-refractivity contribution in [2.45, 2.75) is 39.5 Å². The molecule has 1 fully saturated rings. The van der Waals surface area contributed by atoms with E-state index in [-0.39, 0.29) is 11.8 Å². The Kier molecular flexibility index (Phi) is 7.63. The topological polar surface area (TPSA) is 69.6 Å². The van der Waals surface area contributed by atoms with Crippen molar-refractivity contribution >= 4 is 17.8 Å². The number of rotatable bonds is 8. The van der Waals surface area contributed by atoms with Crippen LogP contribution in [-0.2, 0) is 9.59 Å². The third-order valence-corrected chi connectivity index (χ3v) is 4.54. The van der Waals surface area contributed by atoms with Crippen LogP contribution >= 0.6 is 0 Å². The summed E-state index contributed by atoms with van der Waals surface area (Å²) in [5.74, 6) is 0.888. The monoisotopic (exact) mass is 347 g/mol. The van der Waals surface area contributed by atoms with Crippen LogP contribution in [0, 0.1) is 0 Å². The van der Waals surface area contributed by atoms with Crippen molar-refractivity contribution < 1.29 is 9.59 Å². The number of carbonyl (C=O) groups is 2. The molecule has 1 aliphatic rings. The van der Waals surface area contributed by atoms with Gasteiger partial charge in [-0.1, -0.05) is 19.8 Å². The Morgan fingerprint density at radius 1 is 1.08 bits per heavy atom. The van der Waals surface area contributed by atoms with Crippen molar-refractivity contribution in [3.8, 4) is 0 Å². The van der Waals surface area contributed by atoms with E-state index in [1.807, 2.05) is 4.90 Å². The van der Waals surface area contributed by atoms with Crippen molar-refractivity contribution in [1.29, 1.82) is 0 Å². The lowest BCUT2D eigenvalue weighted by Crippen LogP contribution is -2.49. The molecule has 0 saturated carbocycles. The van der Waals surface area contributed by atoms with E-state index in [0.29, 0.717) is 32.0 Å². The van der Waals surface area contributed by atoms with Gasteiger partial charge in [0, 0.05) is 65.0 Å². The molecule has 138 valence electrons. The van der Waals surface area contributed by atoms with E-state index >= 15 is 0 Å². The van der Waals surface area contributed by atoms with Gasteiger partial charge in [0.05, 0.1) is 0 Å². The summed E-state index contributed by atoms with van der Waals surface area (Å²) in [6.07, 6.45) is 7.10. The summed E-state index contributed by atoms with van der Waals surface area (Å²) in [4.78, 5) is 38.4. The molecule has 7 heteroatoms. The average molecular weight is 347 g/mol. The maximum Gasteiger partial charge on any atom is 0.225 e. The Morgan fingerprint density at radius 2 is 1.76 bits per heavy atom. The van der Waals surface area contributed by atoms with Gasteiger partial charge >= 0.3 is 0 Å². The maximum atomic E-state index is 12.4. The van der Waals surface area contributed by atoms with E-state index in [2.05, 4.69) is 21.8 Å². The van der Waals surface area contributed by atoms with Gasteiger partial charge in [-0.3, -0.25) is 9.59 Å². The fourth-order valence-corrected chi connectivity index (χ4v) is 2.98. The first-order chi connectivity index (χ1) is 12.1. The highest BCUT2D eigenvalue weighted by molar-refractivity contribution is 5.78. The van der Waals surface area contributed by atoms with E-state index in [4.69, 9.17) is 0 Å². The minimum atomic E-state index is 0.0509. The van der Waals surface area contributed by atoms with Crippen molar-refractivity contribution in [2.75, 3.05) is 44.2 Å². The highest BCUT2D eigenvalue weighted by atomic mass is 16.2. The number of amides is 2. The fraction of sp³-hybridized carbons (Fsp3) is 0.667. The smallest absolute Gasteiger partial charge is 0.225 e.